The first-order chi connectivity index (χ1) is 6.09. The second-order valence-corrected chi connectivity index (χ2v) is 4.39. The van der Waals surface area contributed by atoms with Crippen LogP contribution in [-0.4, -0.2) is 36.6 Å². The standard InChI is InChI=1S/C11H22N2/c1-9(2)5-6-13-8-10(3)12-7-11(13)4/h5,10-12H,6-8H2,1-4H3. The third-order valence-electron chi connectivity index (χ3n) is 2.63. The maximum atomic E-state index is 3.49. The number of hydrogen-bond donors (Lipinski definition) is 1. The first kappa shape index (κ1) is 10.7. The molecule has 0 spiro atoms. The van der Waals surface area contributed by atoms with Crippen molar-refractivity contribution in [2.75, 3.05) is 19.6 Å². The maximum absolute atomic E-state index is 3.49. The Morgan fingerprint density at radius 2 is 2.15 bits per heavy atom. The van der Waals surface area contributed by atoms with E-state index in [1.807, 2.05) is 0 Å². The molecule has 13 heavy (non-hydrogen) atoms. The van der Waals surface area contributed by atoms with E-state index in [4.69, 9.17) is 0 Å². The van der Waals surface area contributed by atoms with Crippen LogP contribution < -0.4 is 5.32 Å². The summed E-state index contributed by atoms with van der Waals surface area (Å²) in [5.41, 5.74) is 1.42. The molecule has 0 amide bonds. The molecule has 1 aliphatic rings. The summed E-state index contributed by atoms with van der Waals surface area (Å²) in [5.74, 6) is 0. The van der Waals surface area contributed by atoms with Crippen molar-refractivity contribution in [3.8, 4) is 0 Å². The predicted molar refractivity (Wildman–Crippen MR) is 57.9 cm³/mol. The normalized spacial score (nSPS) is 30.2. The lowest BCUT2D eigenvalue weighted by atomic mass is 10.1. The molecule has 1 fully saturated rings. The SMILES string of the molecule is CC(C)=CCN1CC(C)NCC1C. The highest BCUT2D eigenvalue weighted by molar-refractivity contribution is 4.96. The third kappa shape index (κ3) is 3.49. The fourth-order valence-corrected chi connectivity index (χ4v) is 1.65. The molecule has 2 nitrogen and oxygen atoms in total. The summed E-state index contributed by atoms with van der Waals surface area (Å²) in [4.78, 5) is 2.54. The Hall–Kier alpha value is -0.340. The molecule has 2 heteroatoms. The summed E-state index contributed by atoms with van der Waals surface area (Å²) in [7, 11) is 0. The first-order valence-corrected chi connectivity index (χ1v) is 5.20. The summed E-state index contributed by atoms with van der Waals surface area (Å²) < 4.78 is 0. The molecule has 1 heterocycles. The van der Waals surface area contributed by atoms with Crippen LogP contribution in [0, 0.1) is 0 Å². The van der Waals surface area contributed by atoms with E-state index < -0.39 is 0 Å². The Kier molecular flexibility index (Phi) is 3.94. The Bertz CT molecular complexity index is 183. The highest BCUT2D eigenvalue weighted by Crippen LogP contribution is 2.06. The Morgan fingerprint density at radius 1 is 1.46 bits per heavy atom. The molecule has 0 aromatic heterocycles. The van der Waals surface area contributed by atoms with Crippen LogP contribution in [0.2, 0.25) is 0 Å². The van der Waals surface area contributed by atoms with Crippen LogP contribution in [0.4, 0.5) is 0 Å². The zero-order valence-electron chi connectivity index (χ0n) is 9.30. The lowest BCUT2D eigenvalue weighted by Gasteiger charge is -2.36. The van der Waals surface area contributed by atoms with Gasteiger partial charge in [-0.1, -0.05) is 11.6 Å². The average Bonchev–Trinajstić information content (AvgIpc) is 2.06. The molecule has 1 saturated heterocycles. The third-order valence-corrected chi connectivity index (χ3v) is 2.63. The van der Waals surface area contributed by atoms with Gasteiger partial charge >= 0.3 is 0 Å². The molecule has 0 aromatic carbocycles. The van der Waals surface area contributed by atoms with E-state index in [-0.39, 0.29) is 0 Å². The van der Waals surface area contributed by atoms with Crippen molar-refractivity contribution < 1.29 is 0 Å². The number of hydrogen-bond acceptors (Lipinski definition) is 2. The highest BCUT2D eigenvalue weighted by Gasteiger charge is 2.20. The van der Waals surface area contributed by atoms with E-state index in [0.717, 1.165) is 13.1 Å². The van der Waals surface area contributed by atoms with Crippen molar-refractivity contribution >= 4 is 0 Å². The van der Waals surface area contributed by atoms with Gasteiger partial charge in [0, 0.05) is 31.7 Å². The molecule has 0 bridgehead atoms. The molecule has 0 aromatic rings. The molecule has 0 saturated carbocycles. The molecular weight excluding hydrogens is 160 g/mol. The van der Waals surface area contributed by atoms with E-state index in [2.05, 4.69) is 44.0 Å². The van der Waals surface area contributed by atoms with Gasteiger partial charge in [-0.2, -0.15) is 0 Å². The summed E-state index contributed by atoms with van der Waals surface area (Å²) in [5, 5.41) is 3.49. The molecule has 1 rings (SSSR count). The summed E-state index contributed by atoms with van der Waals surface area (Å²) in [6.07, 6.45) is 2.31. The van der Waals surface area contributed by atoms with Crippen molar-refractivity contribution in [3.63, 3.8) is 0 Å². The summed E-state index contributed by atoms with van der Waals surface area (Å²) >= 11 is 0. The van der Waals surface area contributed by atoms with Crippen molar-refractivity contribution in [3.05, 3.63) is 11.6 Å². The van der Waals surface area contributed by atoms with Crippen LogP contribution in [0.25, 0.3) is 0 Å². The van der Waals surface area contributed by atoms with Gasteiger partial charge in [0.15, 0.2) is 0 Å². The molecule has 0 aliphatic carbocycles. The van der Waals surface area contributed by atoms with Gasteiger partial charge in [-0.05, 0) is 27.7 Å². The number of allylic oxidation sites excluding steroid dienone is 1. The van der Waals surface area contributed by atoms with E-state index in [9.17, 15) is 0 Å². The van der Waals surface area contributed by atoms with Gasteiger partial charge in [0.05, 0.1) is 0 Å². The molecule has 2 atom stereocenters. The lowest BCUT2D eigenvalue weighted by Crippen LogP contribution is -2.54. The second-order valence-electron chi connectivity index (χ2n) is 4.39. The van der Waals surface area contributed by atoms with Crippen LogP contribution in [-0.2, 0) is 0 Å². The van der Waals surface area contributed by atoms with Crippen LogP contribution in [0.5, 0.6) is 0 Å². The topological polar surface area (TPSA) is 15.3 Å². The van der Waals surface area contributed by atoms with Crippen LogP contribution >= 0.6 is 0 Å². The van der Waals surface area contributed by atoms with Gasteiger partial charge in [0.1, 0.15) is 0 Å². The molecule has 0 radical (unpaired) electrons. The van der Waals surface area contributed by atoms with Gasteiger partial charge in [-0.25, -0.2) is 0 Å². The predicted octanol–water partition coefficient (Wildman–Crippen LogP) is 1.63. The highest BCUT2D eigenvalue weighted by atomic mass is 15.2. The number of nitrogens with zero attached hydrogens (tertiary/aromatic N) is 1. The van der Waals surface area contributed by atoms with Gasteiger partial charge in [-0.15, -0.1) is 0 Å². The van der Waals surface area contributed by atoms with Gasteiger partial charge in [0.25, 0.3) is 0 Å². The largest absolute Gasteiger partial charge is 0.311 e. The van der Waals surface area contributed by atoms with E-state index in [1.165, 1.54) is 12.1 Å². The van der Waals surface area contributed by atoms with Gasteiger partial charge in [0.2, 0.25) is 0 Å². The Morgan fingerprint density at radius 3 is 2.77 bits per heavy atom. The number of nitrogens with one attached hydrogen (secondary N) is 1. The minimum absolute atomic E-state index is 0.641. The van der Waals surface area contributed by atoms with Gasteiger partial charge < -0.3 is 5.32 Å². The smallest absolute Gasteiger partial charge is 0.0196 e. The van der Waals surface area contributed by atoms with Crippen LogP contribution in [0.3, 0.4) is 0 Å². The molecule has 2 unspecified atom stereocenters. The zero-order valence-corrected chi connectivity index (χ0v) is 9.30. The van der Waals surface area contributed by atoms with Crippen molar-refractivity contribution in [2.45, 2.75) is 39.8 Å². The Balaban J connectivity index is 2.42. The van der Waals surface area contributed by atoms with Crippen LogP contribution in [0.1, 0.15) is 27.7 Å². The van der Waals surface area contributed by atoms with Crippen molar-refractivity contribution in [2.24, 2.45) is 0 Å². The quantitative estimate of drug-likeness (QED) is 0.653. The fourth-order valence-electron chi connectivity index (χ4n) is 1.65. The molecule has 76 valence electrons. The summed E-state index contributed by atoms with van der Waals surface area (Å²) in [6.45, 7) is 12.3. The first-order valence-electron chi connectivity index (χ1n) is 5.20. The van der Waals surface area contributed by atoms with Gasteiger partial charge in [-0.3, -0.25) is 4.90 Å². The van der Waals surface area contributed by atoms with E-state index in [1.54, 1.807) is 0 Å². The minimum atomic E-state index is 0.641. The average molecular weight is 182 g/mol. The zero-order chi connectivity index (χ0) is 9.84. The number of piperazine rings is 1. The minimum Gasteiger partial charge on any atom is -0.311 e. The fraction of sp³-hybridized carbons (Fsp3) is 0.818. The van der Waals surface area contributed by atoms with Crippen molar-refractivity contribution in [1.82, 2.24) is 10.2 Å². The van der Waals surface area contributed by atoms with E-state index in [0.29, 0.717) is 12.1 Å². The second kappa shape index (κ2) is 4.77. The molecule has 1 aliphatic heterocycles. The van der Waals surface area contributed by atoms with E-state index >= 15 is 0 Å². The Labute approximate surface area is 82.0 Å². The number of rotatable bonds is 2. The maximum Gasteiger partial charge on any atom is 0.0196 e. The van der Waals surface area contributed by atoms with Crippen LogP contribution in [0.15, 0.2) is 11.6 Å². The molecule has 1 N–H and O–H groups in total. The lowest BCUT2D eigenvalue weighted by molar-refractivity contribution is 0.162. The summed E-state index contributed by atoms with van der Waals surface area (Å²) in [6, 6.07) is 1.31. The van der Waals surface area contributed by atoms with Crippen molar-refractivity contribution in [1.29, 1.82) is 0 Å². The molecular formula is C11H22N2. The monoisotopic (exact) mass is 182 g/mol.